The second-order valence-electron chi connectivity index (χ2n) is 2.44. The lowest BCUT2D eigenvalue weighted by Gasteiger charge is -1.96. The standard InChI is InChI=1S/C8H8N2O3/c11-2-1-6-4-10-7(5-9-6)3-8(12)13/h2,4-5H,1,3H2,(H,12,13). The normalized spacial score (nSPS) is 9.54. The van der Waals surface area contributed by atoms with Crippen LogP contribution in [0.2, 0.25) is 0 Å². The Morgan fingerprint density at radius 1 is 1.38 bits per heavy atom. The number of aldehydes is 1. The minimum atomic E-state index is -0.947. The first-order valence-electron chi connectivity index (χ1n) is 3.67. The number of hydrogen-bond acceptors (Lipinski definition) is 4. The van der Waals surface area contributed by atoms with E-state index in [1.54, 1.807) is 0 Å². The zero-order chi connectivity index (χ0) is 9.68. The number of nitrogens with zero attached hydrogens (tertiary/aromatic N) is 2. The molecule has 0 saturated heterocycles. The van der Waals surface area contributed by atoms with Crippen LogP contribution in [0.25, 0.3) is 0 Å². The molecule has 0 aliphatic carbocycles. The number of hydrogen-bond donors (Lipinski definition) is 1. The molecule has 1 rings (SSSR count). The fourth-order valence-corrected chi connectivity index (χ4v) is 0.819. The summed E-state index contributed by atoms with van der Waals surface area (Å²) in [5, 5.41) is 8.42. The smallest absolute Gasteiger partial charge is 0.309 e. The fraction of sp³-hybridized carbons (Fsp3) is 0.250. The van der Waals surface area contributed by atoms with Crippen molar-refractivity contribution in [3.63, 3.8) is 0 Å². The van der Waals surface area contributed by atoms with Gasteiger partial charge in [-0.05, 0) is 0 Å². The predicted molar refractivity (Wildman–Crippen MR) is 43.1 cm³/mol. The van der Waals surface area contributed by atoms with Crippen LogP contribution in [0.15, 0.2) is 12.4 Å². The van der Waals surface area contributed by atoms with Crippen molar-refractivity contribution in [1.29, 1.82) is 0 Å². The molecule has 5 heteroatoms. The molecule has 1 aromatic rings. The van der Waals surface area contributed by atoms with E-state index in [0.29, 0.717) is 11.4 Å². The second kappa shape index (κ2) is 4.30. The van der Waals surface area contributed by atoms with Crippen molar-refractivity contribution in [2.45, 2.75) is 12.8 Å². The Morgan fingerprint density at radius 3 is 2.46 bits per heavy atom. The molecule has 0 radical (unpaired) electrons. The van der Waals surface area contributed by atoms with Crippen LogP contribution < -0.4 is 0 Å². The van der Waals surface area contributed by atoms with Gasteiger partial charge in [-0.2, -0.15) is 0 Å². The maximum Gasteiger partial charge on any atom is 0.309 e. The molecule has 1 aromatic heterocycles. The summed E-state index contributed by atoms with van der Waals surface area (Å²) < 4.78 is 0. The summed E-state index contributed by atoms with van der Waals surface area (Å²) in [4.78, 5) is 28.0. The van der Waals surface area contributed by atoms with Crippen molar-refractivity contribution in [3.05, 3.63) is 23.8 Å². The molecule has 0 fully saturated rings. The van der Waals surface area contributed by atoms with Crippen molar-refractivity contribution < 1.29 is 14.7 Å². The summed E-state index contributed by atoms with van der Waals surface area (Å²) in [5.41, 5.74) is 0.936. The second-order valence-corrected chi connectivity index (χ2v) is 2.44. The lowest BCUT2D eigenvalue weighted by Crippen LogP contribution is -2.04. The lowest BCUT2D eigenvalue weighted by atomic mass is 10.3. The van der Waals surface area contributed by atoms with Gasteiger partial charge in [-0.25, -0.2) is 0 Å². The van der Waals surface area contributed by atoms with Crippen LogP contribution in [0.1, 0.15) is 11.4 Å². The van der Waals surface area contributed by atoms with Gasteiger partial charge in [0.2, 0.25) is 0 Å². The highest BCUT2D eigenvalue weighted by Crippen LogP contribution is 1.96. The van der Waals surface area contributed by atoms with Crippen LogP contribution in [0, 0.1) is 0 Å². The molecule has 0 amide bonds. The number of carbonyl (C=O) groups is 2. The van der Waals surface area contributed by atoms with Crippen LogP contribution in [0.3, 0.4) is 0 Å². The molecule has 0 atom stereocenters. The van der Waals surface area contributed by atoms with Gasteiger partial charge in [0, 0.05) is 18.8 Å². The Kier molecular flexibility index (Phi) is 3.08. The van der Waals surface area contributed by atoms with Gasteiger partial charge in [-0.15, -0.1) is 0 Å². The Balaban J connectivity index is 2.69. The van der Waals surface area contributed by atoms with E-state index in [1.807, 2.05) is 0 Å². The summed E-state index contributed by atoms with van der Waals surface area (Å²) in [7, 11) is 0. The van der Waals surface area contributed by atoms with Crippen molar-refractivity contribution in [2.75, 3.05) is 0 Å². The Bertz CT molecular complexity index is 308. The number of carboxylic acid groups (broad SMARTS) is 1. The number of aromatic nitrogens is 2. The monoisotopic (exact) mass is 180 g/mol. The molecule has 1 heterocycles. The van der Waals surface area contributed by atoms with Crippen molar-refractivity contribution in [2.24, 2.45) is 0 Å². The minimum Gasteiger partial charge on any atom is -0.481 e. The molecule has 0 aromatic carbocycles. The van der Waals surface area contributed by atoms with Gasteiger partial charge in [-0.3, -0.25) is 14.8 Å². The van der Waals surface area contributed by atoms with Crippen LogP contribution in [0.5, 0.6) is 0 Å². The quantitative estimate of drug-likeness (QED) is 0.651. The van der Waals surface area contributed by atoms with Gasteiger partial charge in [0.25, 0.3) is 0 Å². The van der Waals surface area contributed by atoms with Crippen LogP contribution >= 0.6 is 0 Å². The van der Waals surface area contributed by atoms with Crippen molar-refractivity contribution in [3.8, 4) is 0 Å². The zero-order valence-electron chi connectivity index (χ0n) is 6.80. The van der Waals surface area contributed by atoms with Gasteiger partial charge in [0.05, 0.1) is 17.8 Å². The van der Waals surface area contributed by atoms with E-state index >= 15 is 0 Å². The molecule has 5 nitrogen and oxygen atoms in total. The van der Waals surface area contributed by atoms with E-state index in [9.17, 15) is 9.59 Å². The third kappa shape index (κ3) is 2.98. The third-order valence-electron chi connectivity index (χ3n) is 1.38. The van der Waals surface area contributed by atoms with E-state index in [0.717, 1.165) is 6.29 Å². The number of carbonyl (C=O) groups excluding carboxylic acids is 1. The minimum absolute atomic E-state index is 0.144. The summed E-state index contributed by atoms with van der Waals surface area (Å²) >= 11 is 0. The van der Waals surface area contributed by atoms with Crippen molar-refractivity contribution in [1.82, 2.24) is 9.97 Å². The van der Waals surface area contributed by atoms with E-state index in [4.69, 9.17) is 5.11 Å². The first-order chi connectivity index (χ1) is 6.22. The summed E-state index contributed by atoms with van der Waals surface area (Å²) in [6, 6.07) is 0. The molecule has 0 saturated carbocycles. The van der Waals surface area contributed by atoms with Gasteiger partial charge >= 0.3 is 5.97 Å². The summed E-state index contributed by atoms with van der Waals surface area (Å²) in [5.74, 6) is -0.947. The van der Waals surface area contributed by atoms with Crippen LogP contribution in [-0.4, -0.2) is 27.3 Å². The number of rotatable bonds is 4. The van der Waals surface area contributed by atoms with E-state index in [2.05, 4.69) is 9.97 Å². The predicted octanol–water partition coefficient (Wildman–Crippen LogP) is -0.155. The first kappa shape index (κ1) is 9.31. The molecular weight excluding hydrogens is 172 g/mol. The van der Waals surface area contributed by atoms with Gasteiger partial charge < -0.3 is 9.90 Å². The average Bonchev–Trinajstić information content (AvgIpc) is 2.08. The zero-order valence-corrected chi connectivity index (χ0v) is 6.80. The maximum atomic E-state index is 10.3. The van der Waals surface area contributed by atoms with Crippen LogP contribution in [-0.2, 0) is 22.4 Å². The molecule has 1 N–H and O–H groups in total. The Hall–Kier alpha value is -1.78. The number of carboxylic acids is 1. The molecule has 0 aliphatic heterocycles. The average molecular weight is 180 g/mol. The van der Waals surface area contributed by atoms with Gasteiger partial charge in [0.15, 0.2) is 0 Å². The highest BCUT2D eigenvalue weighted by molar-refractivity contribution is 5.69. The van der Waals surface area contributed by atoms with E-state index < -0.39 is 5.97 Å². The highest BCUT2D eigenvalue weighted by atomic mass is 16.4. The van der Waals surface area contributed by atoms with E-state index in [1.165, 1.54) is 12.4 Å². The summed E-state index contributed by atoms with van der Waals surface area (Å²) in [6.07, 6.45) is 3.56. The topological polar surface area (TPSA) is 80.2 Å². The number of aliphatic carboxylic acids is 1. The molecule has 0 bridgehead atoms. The van der Waals surface area contributed by atoms with Gasteiger partial charge in [0.1, 0.15) is 6.29 Å². The Morgan fingerprint density at radius 2 is 2.00 bits per heavy atom. The largest absolute Gasteiger partial charge is 0.481 e. The maximum absolute atomic E-state index is 10.3. The van der Waals surface area contributed by atoms with E-state index in [-0.39, 0.29) is 12.8 Å². The Labute approximate surface area is 74.4 Å². The molecular formula is C8H8N2O3. The highest BCUT2D eigenvalue weighted by Gasteiger charge is 2.02. The van der Waals surface area contributed by atoms with Gasteiger partial charge in [-0.1, -0.05) is 0 Å². The first-order valence-corrected chi connectivity index (χ1v) is 3.67. The molecule has 0 spiro atoms. The molecule has 0 aliphatic rings. The lowest BCUT2D eigenvalue weighted by molar-refractivity contribution is -0.136. The summed E-state index contributed by atoms with van der Waals surface area (Å²) in [6.45, 7) is 0. The molecule has 13 heavy (non-hydrogen) atoms. The van der Waals surface area contributed by atoms with Crippen molar-refractivity contribution >= 4 is 12.3 Å². The fourth-order valence-electron chi connectivity index (χ4n) is 0.819. The molecule has 68 valence electrons. The third-order valence-corrected chi connectivity index (χ3v) is 1.38. The van der Waals surface area contributed by atoms with Crippen LogP contribution in [0.4, 0.5) is 0 Å². The SMILES string of the molecule is O=CCc1cnc(CC(=O)O)cn1. The molecule has 0 unspecified atom stereocenters.